The fourth-order valence-electron chi connectivity index (χ4n) is 4.29. The molecular weight excluding hydrogens is 426 g/mol. The highest BCUT2D eigenvalue weighted by atomic mass is 16.5. The maximum atomic E-state index is 12.5. The first-order chi connectivity index (χ1) is 16.6. The van der Waals surface area contributed by atoms with Crippen LogP contribution in [-0.2, 0) is 5.60 Å². The summed E-state index contributed by atoms with van der Waals surface area (Å²) in [5.74, 6) is 0.729. The Hall–Kier alpha value is -4.29. The van der Waals surface area contributed by atoms with E-state index in [4.69, 9.17) is 4.74 Å². The molecule has 0 radical (unpaired) electrons. The summed E-state index contributed by atoms with van der Waals surface area (Å²) in [5, 5.41) is 12.9. The molecular formula is C28H23N3O3. The molecule has 3 aromatic heterocycles. The van der Waals surface area contributed by atoms with Crippen LogP contribution in [0.25, 0.3) is 22.0 Å². The number of aromatic amines is 1. The van der Waals surface area contributed by atoms with E-state index in [0.29, 0.717) is 28.8 Å². The van der Waals surface area contributed by atoms with Crippen molar-refractivity contribution in [3.63, 3.8) is 0 Å². The SMILES string of the molecule is CCOc1cccc(-c2cc(=O)[nH]c3ccc(C(O)(c4cccnc4)c4cccnc4)cc23)c1. The summed E-state index contributed by atoms with van der Waals surface area (Å²) in [6, 6.07) is 22.0. The maximum Gasteiger partial charge on any atom is 0.249 e. The fourth-order valence-corrected chi connectivity index (χ4v) is 4.29. The van der Waals surface area contributed by atoms with Crippen molar-refractivity contribution in [2.45, 2.75) is 12.5 Å². The van der Waals surface area contributed by atoms with Gasteiger partial charge in [0.2, 0.25) is 5.56 Å². The van der Waals surface area contributed by atoms with Crippen LogP contribution in [0.1, 0.15) is 23.6 Å². The number of benzene rings is 2. The molecule has 5 rings (SSSR count). The lowest BCUT2D eigenvalue weighted by molar-refractivity contribution is 0.125. The van der Waals surface area contributed by atoms with Crippen molar-refractivity contribution >= 4 is 10.9 Å². The predicted octanol–water partition coefficient (Wildman–Crippen LogP) is 4.67. The van der Waals surface area contributed by atoms with Gasteiger partial charge in [-0.2, -0.15) is 0 Å². The molecule has 34 heavy (non-hydrogen) atoms. The zero-order chi connectivity index (χ0) is 23.5. The van der Waals surface area contributed by atoms with Crippen LogP contribution in [0.5, 0.6) is 5.75 Å². The molecule has 3 heterocycles. The number of rotatable bonds is 6. The van der Waals surface area contributed by atoms with Crippen molar-refractivity contribution in [1.29, 1.82) is 0 Å². The van der Waals surface area contributed by atoms with Gasteiger partial charge in [0.15, 0.2) is 0 Å². The van der Waals surface area contributed by atoms with Gasteiger partial charge in [0.1, 0.15) is 11.4 Å². The number of aromatic nitrogens is 3. The molecule has 6 nitrogen and oxygen atoms in total. The zero-order valence-corrected chi connectivity index (χ0v) is 18.6. The molecule has 6 heteroatoms. The number of ether oxygens (including phenoxy) is 1. The van der Waals surface area contributed by atoms with Gasteiger partial charge < -0.3 is 14.8 Å². The second-order valence-electron chi connectivity index (χ2n) is 7.96. The largest absolute Gasteiger partial charge is 0.494 e. The Morgan fingerprint density at radius 1 is 0.882 bits per heavy atom. The Balaban J connectivity index is 1.76. The molecule has 0 bridgehead atoms. The summed E-state index contributed by atoms with van der Waals surface area (Å²) in [6.45, 7) is 2.48. The monoisotopic (exact) mass is 449 g/mol. The van der Waals surface area contributed by atoms with Crippen LogP contribution in [0.4, 0.5) is 0 Å². The zero-order valence-electron chi connectivity index (χ0n) is 18.6. The van der Waals surface area contributed by atoms with Crippen LogP contribution in [-0.4, -0.2) is 26.7 Å². The third kappa shape index (κ3) is 3.84. The van der Waals surface area contributed by atoms with E-state index in [1.807, 2.05) is 61.5 Å². The molecule has 168 valence electrons. The second kappa shape index (κ2) is 8.92. The van der Waals surface area contributed by atoms with Gasteiger partial charge in [0, 0.05) is 52.9 Å². The number of H-pyrrole nitrogens is 1. The average molecular weight is 450 g/mol. The van der Waals surface area contributed by atoms with Crippen LogP contribution in [0.15, 0.2) is 102 Å². The van der Waals surface area contributed by atoms with Crippen molar-refractivity contribution in [3.05, 3.63) is 125 Å². The van der Waals surface area contributed by atoms with E-state index in [-0.39, 0.29) is 5.56 Å². The molecule has 5 aromatic rings. The lowest BCUT2D eigenvalue weighted by Crippen LogP contribution is -2.29. The lowest BCUT2D eigenvalue weighted by Gasteiger charge is -2.29. The van der Waals surface area contributed by atoms with E-state index >= 15 is 0 Å². The molecule has 0 saturated carbocycles. The molecule has 2 aromatic carbocycles. The van der Waals surface area contributed by atoms with Crippen molar-refractivity contribution in [1.82, 2.24) is 15.0 Å². The maximum absolute atomic E-state index is 12.5. The van der Waals surface area contributed by atoms with Gasteiger partial charge in [-0.15, -0.1) is 0 Å². The van der Waals surface area contributed by atoms with Gasteiger partial charge in [-0.05, 0) is 60.0 Å². The van der Waals surface area contributed by atoms with Crippen LogP contribution in [0.2, 0.25) is 0 Å². The number of pyridine rings is 3. The molecule has 0 amide bonds. The van der Waals surface area contributed by atoms with Gasteiger partial charge in [0.05, 0.1) is 6.61 Å². The van der Waals surface area contributed by atoms with E-state index in [1.165, 1.54) is 0 Å². The highest BCUT2D eigenvalue weighted by molar-refractivity contribution is 5.95. The third-order valence-corrected chi connectivity index (χ3v) is 5.88. The summed E-state index contributed by atoms with van der Waals surface area (Å²) >= 11 is 0. The van der Waals surface area contributed by atoms with Gasteiger partial charge in [-0.1, -0.05) is 30.3 Å². The minimum absolute atomic E-state index is 0.202. The summed E-state index contributed by atoms with van der Waals surface area (Å²) < 4.78 is 5.66. The van der Waals surface area contributed by atoms with E-state index in [1.54, 1.807) is 43.0 Å². The topological polar surface area (TPSA) is 88.1 Å². The normalized spacial score (nSPS) is 11.5. The Bertz CT molecular complexity index is 1460. The van der Waals surface area contributed by atoms with E-state index < -0.39 is 5.60 Å². The number of aliphatic hydroxyl groups is 1. The standard InChI is InChI=1S/C28H23N3O3/c1-2-34-23-9-3-6-19(14-23)24-16-27(32)31-26-11-10-20(15-25(24)26)28(33,21-7-4-12-29-17-21)22-8-5-13-30-18-22/h3-18,33H,2H2,1H3,(H,31,32). The first kappa shape index (κ1) is 21.6. The van der Waals surface area contributed by atoms with Gasteiger partial charge >= 0.3 is 0 Å². The number of hydrogen-bond donors (Lipinski definition) is 2. The van der Waals surface area contributed by atoms with Gasteiger partial charge in [0.25, 0.3) is 0 Å². The predicted molar refractivity (Wildman–Crippen MR) is 132 cm³/mol. The first-order valence-electron chi connectivity index (χ1n) is 11.0. The van der Waals surface area contributed by atoms with E-state index in [9.17, 15) is 9.90 Å². The number of nitrogens with one attached hydrogen (secondary N) is 1. The first-order valence-corrected chi connectivity index (χ1v) is 11.0. The van der Waals surface area contributed by atoms with Crippen molar-refractivity contribution in [3.8, 4) is 16.9 Å². The molecule has 2 N–H and O–H groups in total. The Kier molecular flexibility index (Phi) is 5.65. The summed E-state index contributed by atoms with van der Waals surface area (Å²) in [5.41, 5.74) is 2.46. The van der Waals surface area contributed by atoms with E-state index in [2.05, 4.69) is 15.0 Å². The highest BCUT2D eigenvalue weighted by Gasteiger charge is 2.34. The highest BCUT2D eigenvalue weighted by Crippen LogP contribution is 2.38. The van der Waals surface area contributed by atoms with Gasteiger partial charge in [-0.25, -0.2) is 0 Å². The van der Waals surface area contributed by atoms with Crippen LogP contribution >= 0.6 is 0 Å². The smallest absolute Gasteiger partial charge is 0.249 e. The fraction of sp³-hybridized carbons (Fsp3) is 0.107. The second-order valence-corrected chi connectivity index (χ2v) is 7.96. The Morgan fingerprint density at radius 2 is 1.62 bits per heavy atom. The molecule has 0 spiro atoms. The number of nitrogens with zero attached hydrogens (tertiary/aromatic N) is 2. The van der Waals surface area contributed by atoms with Crippen molar-refractivity contribution in [2.75, 3.05) is 6.61 Å². The number of fused-ring (bicyclic) bond motifs is 1. The van der Waals surface area contributed by atoms with Crippen LogP contribution in [0.3, 0.4) is 0 Å². The van der Waals surface area contributed by atoms with E-state index in [0.717, 1.165) is 22.3 Å². The van der Waals surface area contributed by atoms with Crippen LogP contribution < -0.4 is 10.3 Å². The summed E-state index contributed by atoms with van der Waals surface area (Å²) in [6.07, 6.45) is 6.64. The minimum Gasteiger partial charge on any atom is -0.494 e. The Morgan fingerprint density at radius 3 is 2.26 bits per heavy atom. The van der Waals surface area contributed by atoms with Gasteiger partial charge in [-0.3, -0.25) is 14.8 Å². The number of hydrogen-bond acceptors (Lipinski definition) is 5. The van der Waals surface area contributed by atoms with Crippen molar-refractivity contribution < 1.29 is 9.84 Å². The molecule has 0 fully saturated rings. The molecule has 0 aliphatic rings. The summed E-state index contributed by atoms with van der Waals surface area (Å²) in [7, 11) is 0. The third-order valence-electron chi connectivity index (χ3n) is 5.88. The summed E-state index contributed by atoms with van der Waals surface area (Å²) in [4.78, 5) is 23.8. The molecule has 0 atom stereocenters. The molecule has 0 saturated heterocycles. The molecule has 0 aliphatic heterocycles. The molecule has 0 aliphatic carbocycles. The Labute approximate surface area is 196 Å². The quantitative estimate of drug-likeness (QED) is 0.393. The minimum atomic E-state index is -1.49. The lowest BCUT2D eigenvalue weighted by atomic mass is 9.81. The van der Waals surface area contributed by atoms with Crippen LogP contribution in [0, 0.1) is 0 Å². The molecule has 0 unspecified atom stereocenters. The average Bonchev–Trinajstić information content (AvgIpc) is 2.89. The van der Waals surface area contributed by atoms with Crippen molar-refractivity contribution in [2.24, 2.45) is 0 Å².